The topological polar surface area (TPSA) is 66.8 Å². The molecule has 0 aromatic heterocycles. The summed E-state index contributed by atoms with van der Waals surface area (Å²) < 4.78 is 4.61. The van der Waals surface area contributed by atoms with Crippen LogP contribution in [-0.4, -0.2) is 36.0 Å². The molecule has 0 heterocycles. The van der Waals surface area contributed by atoms with Gasteiger partial charge in [0.15, 0.2) is 0 Å². The minimum absolute atomic E-state index is 0.00213. The van der Waals surface area contributed by atoms with Gasteiger partial charge in [-0.1, -0.05) is 0 Å². The van der Waals surface area contributed by atoms with E-state index in [-0.39, 0.29) is 19.8 Å². The van der Waals surface area contributed by atoms with Crippen LogP contribution in [0.5, 0.6) is 0 Å². The number of rotatable bonds is 5. The molecule has 4 nitrogen and oxygen atoms in total. The molecular formula is C9H14O4. The van der Waals surface area contributed by atoms with E-state index in [1.807, 2.05) is 0 Å². The molecular weight excluding hydrogens is 172 g/mol. The van der Waals surface area contributed by atoms with Crippen LogP contribution in [0.1, 0.15) is 13.3 Å². The van der Waals surface area contributed by atoms with Crippen molar-refractivity contribution in [2.24, 2.45) is 0 Å². The normalized spacial score (nSPS) is 8.85. The van der Waals surface area contributed by atoms with Crippen molar-refractivity contribution in [3.63, 3.8) is 0 Å². The molecule has 0 aromatic carbocycles. The highest BCUT2D eigenvalue weighted by Crippen LogP contribution is 1.94. The highest BCUT2D eigenvalue weighted by atomic mass is 16.5. The van der Waals surface area contributed by atoms with Gasteiger partial charge in [0.05, 0.1) is 12.2 Å². The van der Waals surface area contributed by atoms with E-state index in [0.717, 1.165) is 0 Å². The summed E-state index contributed by atoms with van der Waals surface area (Å²) in [5, 5.41) is 16.8. The minimum atomic E-state index is -0.497. The van der Waals surface area contributed by atoms with Gasteiger partial charge in [0.1, 0.15) is 6.61 Å². The van der Waals surface area contributed by atoms with Gasteiger partial charge in [-0.05, 0) is 19.4 Å². The lowest BCUT2D eigenvalue weighted by Crippen LogP contribution is -2.08. The maximum atomic E-state index is 11.0. The molecule has 0 spiro atoms. The second-order valence-electron chi connectivity index (χ2n) is 2.35. The fraction of sp³-hybridized carbons (Fsp3) is 0.556. The molecule has 0 radical (unpaired) electrons. The van der Waals surface area contributed by atoms with E-state index in [2.05, 4.69) is 10.5 Å². The van der Waals surface area contributed by atoms with E-state index in [1.54, 1.807) is 13.0 Å². The van der Waals surface area contributed by atoms with Gasteiger partial charge >= 0.3 is 5.97 Å². The lowest BCUT2D eigenvalue weighted by atomic mass is 10.3. The fourth-order valence-corrected chi connectivity index (χ4v) is 0.595. The van der Waals surface area contributed by atoms with Gasteiger partial charge in [0, 0.05) is 6.61 Å². The summed E-state index contributed by atoms with van der Waals surface area (Å²) in [6, 6.07) is 0. The predicted molar refractivity (Wildman–Crippen MR) is 47.0 cm³/mol. The highest BCUT2D eigenvalue weighted by Gasteiger charge is 2.02. The summed E-state index contributed by atoms with van der Waals surface area (Å²) in [4.78, 5) is 11.0. The summed E-state index contributed by atoms with van der Waals surface area (Å²) in [5.74, 6) is -0.497. The van der Waals surface area contributed by atoms with Gasteiger partial charge in [-0.15, -0.1) is 5.73 Å². The van der Waals surface area contributed by atoms with E-state index in [1.165, 1.54) is 0 Å². The van der Waals surface area contributed by atoms with E-state index < -0.39 is 5.97 Å². The van der Waals surface area contributed by atoms with Crippen molar-refractivity contribution in [1.29, 1.82) is 0 Å². The average molecular weight is 186 g/mol. The predicted octanol–water partition coefficient (Wildman–Crippen LogP) is 0.00570. The lowest BCUT2D eigenvalue weighted by Gasteiger charge is -1.99. The largest absolute Gasteiger partial charge is 0.459 e. The monoisotopic (exact) mass is 186 g/mol. The first-order valence-corrected chi connectivity index (χ1v) is 4.03. The lowest BCUT2D eigenvalue weighted by molar-refractivity contribution is -0.139. The van der Waals surface area contributed by atoms with Crippen molar-refractivity contribution < 1.29 is 19.7 Å². The maximum absolute atomic E-state index is 11.0. The first kappa shape index (κ1) is 11.9. The zero-order valence-electron chi connectivity index (χ0n) is 7.62. The third-order valence-corrected chi connectivity index (χ3v) is 1.22. The van der Waals surface area contributed by atoms with Gasteiger partial charge < -0.3 is 14.9 Å². The molecule has 13 heavy (non-hydrogen) atoms. The van der Waals surface area contributed by atoms with Gasteiger partial charge in [-0.3, -0.25) is 0 Å². The van der Waals surface area contributed by atoms with Crippen molar-refractivity contribution in [3.8, 4) is 0 Å². The number of carbonyl (C=O) groups excluding carboxylic acids is 1. The van der Waals surface area contributed by atoms with E-state index in [4.69, 9.17) is 10.2 Å². The Hall–Kier alpha value is -1.09. The second kappa shape index (κ2) is 7.55. The zero-order valence-corrected chi connectivity index (χ0v) is 7.62. The van der Waals surface area contributed by atoms with E-state index in [0.29, 0.717) is 12.0 Å². The molecule has 0 atom stereocenters. The fourth-order valence-electron chi connectivity index (χ4n) is 0.595. The molecule has 0 aliphatic carbocycles. The molecule has 0 aliphatic rings. The minimum Gasteiger partial charge on any atom is -0.459 e. The Kier molecular flexibility index (Phi) is 6.92. The van der Waals surface area contributed by atoms with Crippen LogP contribution >= 0.6 is 0 Å². The van der Waals surface area contributed by atoms with Crippen molar-refractivity contribution in [2.45, 2.75) is 13.3 Å². The quantitative estimate of drug-likeness (QED) is 0.360. The van der Waals surface area contributed by atoms with Crippen molar-refractivity contribution in [3.05, 3.63) is 17.4 Å². The first-order chi connectivity index (χ1) is 6.22. The Morgan fingerprint density at radius 2 is 2.15 bits per heavy atom. The van der Waals surface area contributed by atoms with Crippen LogP contribution in [0, 0.1) is 0 Å². The number of aliphatic hydroxyl groups excluding tert-OH is 2. The standard InChI is InChI=1S/C9H14O4/c1-8(4-2-3-5-10)9(12)13-7-6-11/h2,10-11H,3,5-7H2,1H3. The molecule has 0 bridgehead atoms. The molecule has 2 N–H and O–H groups in total. The Morgan fingerprint density at radius 3 is 2.69 bits per heavy atom. The van der Waals surface area contributed by atoms with Crippen LogP contribution in [0.15, 0.2) is 17.4 Å². The summed E-state index contributed by atoms with van der Waals surface area (Å²) in [5.41, 5.74) is 3.00. The summed E-state index contributed by atoms with van der Waals surface area (Å²) >= 11 is 0. The number of esters is 1. The molecule has 0 rings (SSSR count). The number of ether oxygens (including phenoxy) is 1. The van der Waals surface area contributed by atoms with E-state index in [9.17, 15) is 4.79 Å². The molecule has 0 aromatic rings. The Bertz CT molecular complexity index is 214. The third kappa shape index (κ3) is 6.11. The Balaban J connectivity index is 4.00. The van der Waals surface area contributed by atoms with Crippen LogP contribution in [0.25, 0.3) is 0 Å². The Morgan fingerprint density at radius 1 is 1.46 bits per heavy atom. The van der Waals surface area contributed by atoms with Crippen LogP contribution in [0.2, 0.25) is 0 Å². The van der Waals surface area contributed by atoms with Gasteiger partial charge in [-0.2, -0.15) is 0 Å². The molecule has 0 unspecified atom stereocenters. The van der Waals surface area contributed by atoms with Gasteiger partial charge in [-0.25, -0.2) is 4.79 Å². The number of carbonyl (C=O) groups is 1. The molecule has 74 valence electrons. The number of hydrogen-bond acceptors (Lipinski definition) is 4. The molecule has 0 fully saturated rings. The van der Waals surface area contributed by atoms with Crippen molar-refractivity contribution in [2.75, 3.05) is 19.8 Å². The average Bonchev–Trinajstić information content (AvgIpc) is 2.14. The zero-order chi connectivity index (χ0) is 10.1. The summed E-state index contributed by atoms with van der Waals surface area (Å²) in [7, 11) is 0. The third-order valence-electron chi connectivity index (χ3n) is 1.22. The summed E-state index contributed by atoms with van der Waals surface area (Å²) in [6.07, 6.45) is 2.03. The van der Waals surface area contributed by atoms with Crippen molar-refractivity contribution in [1.82, 2.24) is 0 Å². The smallest absolute Gasteiger partial charge is 0.341 e. The second-order valence-corrected chi connectivity index (χ2v) is 2.35. The molecule has 0 amide bonds. The van der Waals surface area contributed by atoms with Crippen molar-refractivity contribution >= 4 is 5.97 Å². The van der Waals surface area contributed by atoms with E-state index >= 15 is 0 Å². The molecule has 4 heteroatoms. The Labute approximate surface area is 77.1 Å². The van der Waals surface area contributed by atoms with Gasteiger partial charge in [0.2, 0.25) is 0 Å². The highest BCUT2D eigenvalue weighted by molar-refractivity contribution is 5.87. The SMILES string of the molecule is CC(=C=CCCO)C(=O)OCCO. The van der Waals surface area contributed by atoms with Gasteiger partial charge in [0.25, 0.3) is 0 Å². The van der Waals surface area contributed by atoms with Crippen LogP contribution in [-0.2, 0) is 9.53 Å². The van der Waals surface area contributed by atoms with Crippen LogP contribution in [0.3, 0.4) is 0 Å². The number of hydrogen-bond donors (Lipinski definition) is 2. The maximum Gasteiger partial charge on any atom is 0.341 e. The number of aliphatic hydroxyl groups is 2. The first-order valence-electron chi connectivity index (χ1n) is 4.03. The molecule has 0 saturated carbocycles. The van der Waals surface area contributed by atoms with Crippen LogP contribution < -0.4 is 0 Å². The molecule has 0 saturated heterocycles. The summed E-state index contributed by atoms with van der Waals surface area (Å²) in [6.45, 7) is 1.41. The molecule has 0 aliphatic heterocycles. The van der Waals surface area contributed by atoms with Crippen LogP contribution in [0.4, 0.5) is 0 Å².